The highest BCUT2D eigenvalue weighted by molar-refractivity contribution is 5.45. The van der Waals surface area contributed by atoms with Gasteiger partial charge in [-0.05, 0) is 47.6 Å². The lowest BCUT2D eigenvalue weighted by Gasteiger charge is -2.32. The molecule has 2 aliphatic rings. The van der Waals surface area contributed by atoms with E-state index >= 15 is 0 Å². The first-order valence-corrected chi connectivity index (χ1v) is 7.65. The fraction of sp³-hybridized carbons (Fsp3) is 0.389. The van der Waals surface area contributed by atoms with Crippen molar-refractivity contribution in [2.24, 2.45) is 11.7 Å². The number of pyridine rings is 1. The minimum absolute atomic E-state index is 0.312. The monoisotopic (exact) mass is 281 g/mol. The van der Waals surface area contributed by atoms with Crippen molar-refractivity contribution in [1.82, 2.24) is 9.88 Å². The Balaban J connectivity index is 1.94. The first-order chi connectivity index (χ1) is 10.1. The van der Waals surface area contributed by atoms with Gasteiger partial charge in [-0.3, -0.25) is 4.98 Å². The van der Waals surface area contributed by atoms with Gasteiger partial charge in [0.15, 0.2) is 0 Å². The van der Waals surface area contributed by atoms with Crippen molar-refractivity contribution in [1.29, 1.82) is 0 Å². The second kappa shape index (κ2) is 5.76. The van der Waals surface area contributed by atoms with E-state index in [1.165, 1.54) is 23.1 Å². The molecule has 0 aromatic carbocycles. The van der Waals surface area contributed by atoms with E-state index in [1.807, 2.05) is 18.5 Å². The molecule has 2 atom stereocenters. The number of hydrogen-bond donors (Lipinski definition) is 1. The maximum atomic E-state index is 6.18. The number of rotatable bonds is 2. The minimum atomic E-state index is 0.312. The quantitative estimate of drug-likeness (QED) is 0.905. The Hall–Kier alpha value is -2.03. The van der Waals surface area contributed by atoms with Crippen LogP contribution < -0.4 is 5.73 Å². The van der Waals surface area contributed by atoms with Gasteiger partial charge in [-0.2, -0.15) is 0 Å². The van der Waals surface area contributed by atoms with Crippen molar-refractivity contribution < 1.29 is 0 Å². The number of aromatic nitrogens is 1. The smallest absolute Gasteiger partial charge is 0.0306 e. The molecule has 3 heteroatoms. The fourth-order valence-corrected chi connectivity index (χ4v) is 3.38. The molecule has 1 aliphatic carbocycles. The van der Waals surface area contributed by atoms with Gasteiger partial charge in [0.2, 0.25) is 0 Å². The molecule has 0 radical (unpaired) electrons. The fourth-order valence-electron chi connectivity index (χ4n) is 3.38. The average molecular weight is 281 g/mol. The highest BCUT2D eigenvalue weighted by Crippen LogP contribution is 2.40. The Morgan fingerprint density at radius 3 is 2.95 bits per heavy atom. The van der Waals surface area contributed by atoms with Crippen molar-refractivity contribution in [2.75, 3.05) is 13.6 Å². The number of nitrogens with two attached hydrogens (primary N) is 1. The van der Waals surface area contributed by atoms with Gasteiger partial charge < -0.3 is 10.6 Å². The van der Waals surface area contributed by atoms with Crippen molar-refractivity contribution in [3.63, 3.8) is 0 Å². The Morgan fingerprint density at radius 2 is 2.24 bits per heavy atom. The number of hydrogen-bond acceptors (Lipinski definition) is 3. The molecule has 2 N–H and O–H groups in total. The van der Waals surface area contributed by atoms with E-state index in [2.05, 4.69) is 48.3 Å². The van der Waals surface area contributed by atoms with Gasteiger partial charge in [-0.25, -0.2) is 0 Å². The Kier molecular flexibility index (Phi) is 3.82. The third-order valence-electron chi connectivity index (χ3n) is 4.50. The van der Waals surface area contributed by atoms with E-state index in [0.717, 1.165) is 18.7 Å². The molecule has 21 heavy (non-hydrogen) atoms. The molecule has 0 amide bonds. The molecule has 0 saturated carbocycles. The van der Waals surface area contributed by atoms with Crippen LogP contribution in [0, 0.1) is 5.92 Å². The normalized spacial score (nSPS) is 26.0. The van der Waals surface area contributed by atoms with Gasteiger partial charge in [0.1, 0.15) is 0 Å². The van der Waals surface area contributed by atoms with Crippen LogP contribution in [0.3, 0.4) is 0 Å². The first-order valence-electron chi connectivity index (χ1n) is 7.65. The van der Waals surface area contributed by atoms with E-state index in [-0.39, 0.29) is 0 Å². The first kappa shape index (κ1) is 13.9. The van der Waals surface area contributed by atoms with Crippen molar-refractivity contribution >= 4 is 0 Å². The number of nitrogens with zero attached hydrogens (tertiary/aromatic N) is 2. The van der Waals surface area contributed by atoms with Gasteiger partial charge in [0, 0.05) is 43.8 Å². The van der Waals surface area contributed by atoms with Crippen molar-refractivity contribution in [3.8, 4) is 0 Å². The summed E-state index contributed by atoms with van der Waals surface area (Å²) in [6.07, 6.45) is 12.7. The van der Waals surface area contributed by atoms with Crippen LogP contribution in [0.25, 0.3) is 0 Å². The zero-order chi connectivity index (χ0) is 14.8. The predicted molar refractivity (Wildman–Crippen MR) is 86.4 cm³/mol. The SMILES string of the molecule is CC1C(C2=CN(C)CCC2)=CC(N)=CC1c1cccnc1. The lowest BCUT2D eigenvalue weighted by molar-refractivity contribution is 0.413. The molecule has 0 fully saturated rings. The van der Waals surface area contributed by atoms with Crippen LogP contribution in [0.15, 0.2) is 59.7 Å². The van der Waals surface area contributed by atoms with E-state index in [9.17, 15) is 0 Å². The van der Waals surface area contributed by atoms with Crippen LogP contribution >= 0.6 is 0 Å². The lowest BCUT2D eigenvalue weighted by atomic mass is 9.75. The molecule has 0 spiro atoms. The largest absolute Gasteiger partial charge is 0.399 e. The van der Waals surface area contributed by atoms with Crippen molar-refractivity contribution in [2.45, 2.75) is 25.7 Å². The molecule has 3 rings (SSSR count). The van der Waals surface area contributed by atoms with Gasteiger partial charge in [-0.15, -0.1) is 0 Å². The van der Waals surface area contributed by atoms with Gasteiger partial charge >= 0.3 is 0 Å². The minimum Gasteiger partial charge on any atom is -0.399 e. The summed E-state index contributed by atoms with van der Waals surface area (Å²) in [5.41, 5.74) is 11.1. The summed E-state index contributed by atoms with van der Waals surface area (Å²) in [6, 6.07) is 4.14. The topological polar surface area (TPSA) is 42.1 Å². The lowest BCUT2D eigenvalue weighted by Crippen LogP contribution is -2.23. The third kappa shape index (κ3) is 2.87. The second-order valence-electron chi connectivity index (χ2n) is 6.11. The Labute approximate surface area is 126 Å². The molecule has 0 bridgehead atoms. The van der Waals surface area contributed by atoms with Gasteiger partial charge in [0.25, 0.3) is 0 Å². The summed E-state index contributed by atoms with van der Waals surface area (Å²) in [5.74, 6) is 0.742. The molecule has 2 unspecified atom stereocenters. The molecule has 1 aromatic heterocycles. The van der Waals surface area contributed by atoms with E-state index < -0.39 is 0 Å². The van der Waals surface area contributed by atoms with Gasteiger partial charge in [0.05, 0.1) is 0 Å². The Bertz CT molecular complexity index is 598. The summed E-state index contributed by atoms with van der Waals surface area (Å²) >= 11 is 0. The molecule has 3 nitrogen and oxygen atoms in total. The molecule has 110 valence electrons. The predicted octanol–water partition coefficient (Wildman–Crippen LogP) is 3.19. The maximum absolute atomic E-state index is 6.18. The summed E-state index contributed by atoms with van der Waals surface area (Å²) in [6.45, 7) is 3.43. The number of allylic oxidation sites excluding steroid dienone is 4. The Morgan fingerprint density at radius 1 is 1.38 bits per heavy atom. The summed E-state index contributed by atoms with van der Waals surface area (Å²) in [4.78, 5) is 6.53. The van der Waals surface area contributed by atoms with Crippen LogP contribution in [0.1, 0.15) is 31.2 Å². The summed E-state index contributed by atoms with van der Waals surface area (Å²) in [7, 11) is 2.14. The second-order valence-corrected chi connectivity index (χ2v) is 6.11. The average Bonchev–Trinajstić information content (AvgIpc) is 2.50. The molecule has 2 heterocycles. The zero-order valence-electron chi connectivity index (χ0n) is 12.8. The standard InChI is InChI=1S/C18H23N3/c1-13-17(14-5-3-7-20-11-14)9-16(19)10-18(13)15-6-4-8-21(2)12-15/h3,5,7,9-13,17H,4,6,8,19H2,1-2H3. The highest BCUT2D eigenvalue weighted by Gasteiger charge is 2.27. The third-order valence-corrected chi connectivity index (χ3v) is 4.50. The van der Waals surface area contributed by atoms with Crippen LogP contribution in [-0.4, -0.2) is 23.5 Å². The molecule has 1 aromatic rings. The van der Waals surface area contributed by atoms with E-state index in [1.54, 1.807) is 0 Å². The van der Waals surface area contributed by atoms with Gasteiger partial charge in [-0.1, -0.05) is 19.1 Å². The summed E-state index contributed by atoms with van der Waals surface area (Å²) < 4.78 is 0. The van der Waals surface area contributed by atoms with Crippen LogP contribution in [0.5, 0.6) is 0 Å². The highest BCUT2D eigenvalue weighted by atomic mass is 15.1. The van der Waals surface area contributed by atoms with E-state index in [4.69, 9.17) is 5.73 Å². The van der Waals surface area contributed by atoms with Crippen molar-refractivity contribution in [3.05, 3.63) is 65.3 Å². The van der Waals surface area contributed by atoms with Crippen LogP contribution in [-0.2, 0) is 0 Å². The zero-order valence-corrected chi connectivity index (χ0v) is 12.8. The molecular formula is C18H23N3. The van der Waals surface area contributed by atoms with Crippen LogP contribution in [0.2, 0.25) is 0 Å². The maximum Gasteiger partial charge on any atom is 0.0306 e. The summed E-state index contributed by atoms with van der Waals surface area (Å²) in [5, 5.41) is 0. The van der Waals surface area contributed by atoms with Crippen LogP contribution in [0.4, 0.5) is 0 Å². The molecule has 1 aliphatic heterocycles. The molecular weight excluding hydrogens is 258 g/mol. The van der Waals surface area contributed by atoms with E-state index in [0.29, 0.717) is 11.8 Å². The molecule has 0 saturated heterocycles.